The average molecular weight is 181 g/mol. The predicted molar refractivity (Wildman–Crippen MR) is 50.4 cm³/mol. The maximum atomic E-state index is 10.9. The van der Waals surface area contributed by atoms with Crippen LogP contribution in [-0.4, -0.2) is 24.7 Å². The molecule has 13 heavy (non-hydrogen) atoms. The standard InChI is InChI=1S/C9H15N3O/c13-9-6-8(11-12-9)5-7-1-3-10-4-2-7/h7,10H,1-6H2,(H,12,13). The number of piperidine rings is 1. The first-order chi connectivity index (χ1) is 6.34. The molecule has 0 radical (unpaired) electrons. The van der Waals surface area contributed by atoms with E-state index in [-0.39, 0.29) is 5.91 Å². The van der Waals surface area contributed by atoms with Crippen molar-refractivity contribution in [3.8, 4) is 0 Å². The van der Waals surface area contributed by atoms with E-state index >= 15 is 0 Å². The first-order valence-electron chi connectivity index (χ1n) is 4.89. The number of hydrazone groups is 1. The van der Waals surface area contributed by atoms with Gasteiger partial charge in [-0.25, -0.2) is 5.43 Å². The topological polar surface area (TPSA) is 53.5 Å². The summed E-state index contributed by atoms with van der Waals surface area (Å²) in [7, 11) is 0. The molecule has 4 heteroatoms. The number of hydrogen-bond donors (Lipinski definition) is 2. The Hall–Kier alpha value is -0.900. The van der Waals surface area contributed by atoms with Crippen molar-refractivity contribution >= 4 is 11.6 Å². The molecule has 2 aliphatic rings. The van der Waals surface area contributed by atoms with Crippen LogP contribution in [0.3, 0.4) is 0 Å². The molecular formula is C9H15N3O. The molecule has 0 bridgehead atoms. The molecule has 1 saturated heterocycles. The summed E-state index contributed by atoms with van der Waals surface area (Å²) in [6.07, 6.45) is 3.95. The fraction of sp³-hybridized carbons (Fsp3) is 0.778. The third-order valence-electron chi connectivity index (χ3n) is 2.69. The molecule has 2 heterocycles. The van der Waals surface area contributed by atoms with Crippen LogP contribution in [0.2, 0.25) is 0 Å². The number of carbonyl (C=O) groups excluding carboxylic acids is 1. The molecule has 2 rings (SSSR count). The maximum Gasteiger partial charge on any atom is 0.245 e. The van der Waals surface area contributed by atoms with Gasteiger partial charge in [-0.05, 0) is 38.3 Å². The molecule has 2 N–H and O–H groups in total. The average Bonchev–Trinajstić information content (AvgIpc) is 2.53. The van der Waals surface area contributed by atoms with Crippen molar-refractivity contribution in [2.24, 2.45) is 11.0 Å². The van der Waals surface area contributed by atoms with Crippen molar-refractivity contribution in [1.82, 2.24) is 10.7 Å². The van der Waals surface area contributed by atoms with Crippen molar-refractivity contribution in [3.63, 3.8) is 0 Å². The van der Waals surface area contributed by atoms with Crippen molar-refractivity contribution in [2.75, 3.05) is 13.1 Å². The molecule has 72 valence electrons. The Bertz CT molecular complexity index is 231. The zero-order chi connectivity index (χ0) is 9.10. The Kier molecular flexibility index (Phi) is 2.59. The highest BCUT2D eigenvalue weighted by molar-refractivity contribution is 6.04. The second-order valence-electron chi connectivity index (χ2n) is 3.79. The number of nitrogens with one attached hydrogen (secondary N) is 2. The van der Waals surface area contributed by atoms with Gasteiger partial charge in [-0.3, -0.25) is 4.79 Å². The zero-order valence-corrected chi connectivity index (χ0v) is 7.68. The first kappa shape index (κ1) is 8.69. The van der Waals surface area contributed by atoms with E-state index in [2.05, 4.69) is 15.8 Å². The maximum absolute atomic E-state index is 10.9. The summed E-state index contributed by atoms with van der Waals surface area (Å²) in [5.41, 5.74) is 3.53. The van der Waals surface area contributed by atoms with E-state index < -0.39 is 0 Å². The van der Waals surface area contributed by atoms with Gasteiger partial charge in [0.05, 0.1) is 6.42 Å². The molecule has 1 fully saturated rings. The van der Waals surface area contributed by atoms with Crippen LogP contribution in [0.5, 0.6) is 0 Å². The quantitative estimate of drug-likeness (QED) is 0.641. The normalized spacial score (nSPS) is 24.3. The Balaban J connectivity index is 1.80. The van der Waals surface area contributed by atoms with Gasteiger partial charge in [0.2, 0.25) is 5.91 Å². The van der Waals surface area contributed by atoms with Gasteiger partial charge < -0.3 is 5.32 Å². The van der Waals surface area contributed by atoms with Gasteiger partial charge in [0, 0.05) is 5.71 Å². The number of hydrogen-bond acceptors (Lipinski definition) is 3. The Morgan fingerprint density at radius 1 is 1.38 bits per heavy atom. The second kappa shape index (κ2) is 3.87. The minimum Gasteiger partial charge on any atom is -0.317 e. The molecular weight excluding hydrogens is 166 g/mol. The Labute approximate surface area is 77.8 Å². The van der Waals surface area contributed by atoms with Crippen molar-refractivity contribution in [3.05, 3.63) is 0 Å². The lowest BCUT2D eigenvalue weighted by Gasteiger charge is -2.21. The van der Waals surface area contributed by atoms with Gasteiger partial charge in [0.25, 0.3) is 0 Å². The molecule has 1 amide bonds. The second-order valence-corrected chi connectivity index (χ2v) is 3.79. The van der Waals surface area contributed by atoms with Gasteiger partial charge in [-0.1, -0.05) is 0 Å². The molecule has 0 atom stereocenters. The summed E-state index contributed by atoms with van der Waals surface area (Å²) < 4.78 is 0. The van der Waals surface area contributed by atoms with E-state index in [9.17, 15) is 4.79 Å². The van der Waals surface area contributed by atoms with Crippen LogP contribution < -0.4 is 10.7 Å². The fourth-order valence-electron chi connectivity index (χ4n) is 1.94. The molecule has 0 aromatic heterocycles. The molecule has 0 unspecified atom stereocenters. The first-order valence-corrected chi connectivity index (χ1v) is 4.89. The third-order valence-corrected chi connectivity index (χ3v) is 2.69. The van der Waals surface area contributed by atoms with E-state index in [1.54, 1.807) is 0 Å². The zero-order valence-electron chi connectivity index (χ0n) is 7.68. The van der Waals surface area contributed by atoms with E-state index in [4.69, 9.17) is 0 Å². The number of amides is 1. The van der Waals surface area contributed by atoms with Crippen LogP contribution in [0.1, 0.15) is 25.7 Å². The highest BCUT2D eigenvalue weighted by Gasteiger charge is 2.20. The SMILES string of the molecule is O=C1CC(CC2CCNCC2)=NN1. The van der Waals surface area contributed by atoms with Crippen LogP contribution in [0.25, 0.3) is 0 Å². The monoisotopic (exact) mass is 181 g/mol. The summed E-state index contributed by atoms with van der Waals surface area (Å²) in [6.45, 7) is 2.22. The molecule has 4 nitrogen and oxygen atoms in total. The third kappa shape index (κ3) is 2.28. The molecule has 0 saturated carbocycles. The fourth-order valence-corrected chi connectivity index (χ4v) is 1.94. The highest BCUT2D eigenvalue weighted by atomic mass is 16.2. The lowest BCUT2D eigenvalue weighted by molar-refractivity contribution is -0.119. The molecule has 0 aliphatic carbocycles. The molecule has 2 aliphatic heterocycles. The van der Waals surface area contributed by atoms with Crippen LogP contribution in [0.15, 0.2) is 5.10 Å². The smallest absolute Gasteiger partial charge is 0.245 e. The summed E-state index contributed by atoms with van der Waals surface area (Å²) in [5, 5.41) is 7.33. The van der Waals surface area contributed by atoms with Gasteiger partial charge in [0.1, 0.15) is 0 Å². The molecule has 0 aromatic rings. The van der Waals surface area contributed by atoms with Gasteiger partial charge in [-0.15, -0.1) is 0 Å². The van der Waals surface area contributed by atoms with E-state index in [1.807, 2.05) is 0 Å². The van der Waals surface area contributed by atoms with Crippen LogP contribution >= 0.6 is 0 Å². The molecule has 0 spiro atoms. The van der Waals surface area contributed by atoms with Gasteiger partial charge in [-0.2, -0.15) is 5.10 Å². The van der Waals surface area contributed by atoms with Crippen molar-refractivity contribution in [2.45, 2.75) is 25.7 Å². The minimum atomic E-state index is 0.0453. The van der Waals surface area contributed by atoms with E-state index in [0.717, 1.165) is 31.1 Å². The largest absolute Gasteiger partial charge is 0.317 e. The number of nitrogens with zero attached hydrogens (tertiary/aromatic N) is 1. The van der Waals surface area contributed by atoms with Crippen molar-refractivity contribution in [1.29, 1.82) is 0 Å². The lowest BCUT2D eigenvalue weighted by atomic mass is 9.92. The van der Waals surface area contributed by atoms with Gasteiger partial charge in [0.15, 0.2) is 0 Å². The summed E-state index contributed by atoms with van der Waals surface area (Å²) in [6, 6.07) is 0. The highest BCUT2D eigenvalue weighted by Crippen LogP contribution is 2.18. The predicted octanol–water partition coefficient (Wildman–Crippen LogP) is 0.252. The van der Waals surface area contributed by atoms with Crippen LogP contribution in [0, 0.1) is 5.92 Å². The summed E-state index contributed by atoms with van der Waals surface area (Å²) in [5.74, 6) is 0.775. The number of rotatable bonds is 2. The summed E-state index contributed by atoms with van der Waals surface area (Å²) >= 11 is 0. The minimum absolute atomic E-state index is 0.0453. The van der Waals surface area contributed by atoms with E-state index in [0.29, 0.717) is 6.42 Å². The van der Waals surface area contributed by atoms with Crippen molar-refractivity contribution < 1.29 is 4.79 Å². The molecule has 0 aromatic carbocycles. The van der Waals surface area contributed by atoms with Gasteiger partial charge >= 0.3 is 0 Å². The van der Waals surface area contributed by atoms with Crippen LogP contribution in [-0.2, 0) is 4.79 Å². The Morgan fingerprint density at radius 3 is 2.77 bits per heavy atom. The number of carbonyl (C=O) groups is 1. The summed E-state index contributed by atoms with van der Waals surface area (Å²) in [4.78, 5) is 10.9. The van der Waals surface area contributed by atoms with Crippen LogP contribution in [0.4, 0.5) is 0 Å². The Morgan fingerprint density at radius 2 is 2.15 bits per heavy atom. The van der Waals surface area contributed by atoms with E-state index in [1.165, 1.54) is 12.8 Å². The lowest BCUT2D eigenvalue weighted by Crippen LogP contribution is -2.28.